The van der Waals surface area contributed by atoms with Crippen LogP contribution in [0.15, 0.2) is 0 Å². The van der Waals surface area contributed by atoms with Crippen LogP contribution in [0.5, 0.6) is 0 Å². The smallest absolute Gasteiger partial charge is 0.109 e. The molecule has 1 heterocycles. The van der Waals surface area contributed by atoms with Crippen LogP contribution in [-0.4, -0.2) is 57.8 Å². The first kappa shape index (κ1) is 11.3. The quantitative estimate of drug-likeness (QED) is 0.529. The maximum atomic E-state index is 9.48. The van der Waals surface area contributed by atoms with Gasteiger partial charge in [-0.05, 0) is 6.92 Å². The SMILES string of the molecule is C[C@@H]1O[C@H](CSCCO)[C@H](O)C1O. The van der Waals surface area contributed by atoms with Crippen molar-refractivity contribution in [1.29, 1.82) is 0 Å². The largest absolute Gasteiger partial charge is 0.396 e. The molecule has 0 bridgehead atoms. The summed E-state index contributed by atoms with van der Waals surface area (Å²) < 4.78 is 5.33. The van der Waals surface area contributed by atoms with Crippen molar-refractivity contribution >= 4 is 11.8 Å². The molecular formula is C8H16O4S. The Kier molecular flexibility index (Phi) is 4.48. The summed E-state index contributed by atoms with van der Waals surface area (Å²) >= 11 is 1.51. The van der Waals surface area contributed by atoms with Gasteiger partial charge < -0.3 is 20.1 Å². The molecule has 0 aromatic carbocycles. The van der Waals surface area contributed by atoms with Crippen molar-refractivity contribution in [2.75, 3.05) is 18.1 Å². The van der Waals surface area contributed by atoms with Gasteiger partial charge >= 0.3 is 0 Å². The van der Waals surface area contributed by atoms with E-state index in [4.69, 9.17) is 9.84 Å². The van der Waals surface area contributed by atoms with E-state index in [0.717, 1.165) is 0 Å². The highest BCUT2D eigenvalue weighted by Gasteiger charge is 2.39. The van der Waals surface area contributed by atoms with Crippen LogP contribution in [0.3, 0.4) is 0 Å². The van der Waals surface area contributed by atoms with Gasteiger partial charge in [-0.3, -0.25) is 0 Å². The average molecular weight is 208 g/mol. The predicted molar refractivity (Wildman–Crippen MR) is 50.8 cm³/mol. The molecule has 0 aromatic heterocycles. The predicted octanol–water partition coefficient (Wildman–Crippen LogP) is -0.779. The van der Waals surface area contributed by atoms with E-state index in [1.54, 1.807) is 6.92 Å². The number of ether oxygens (including phenoxy) is 1. The Balaban J connectivity index is 2.27. The van der Waals surface area contributed by atoms with Crippen LogP contribution < -0.4 is 0 Å². The molecule has 1 fully saturated rings. The number of hydrogen-bond donors (Lipinski definition) is 3. The second-order valence-electron chi connectivity index (χ2n) is 3.16. The summed E-state index contributed by atoms with van der Waals surface area (Å²) in [6.07, 6.45) is -2.17. The Morgan fingerprint density at radius 1 is 1.31 bits per heavy atom. The van der Waals surface area contributed by atoms with E-state index >= 15 is 0 Å². The molecule has 0 aromatic rings. The molecule has 1 aliphatic heterocycles. The first-order chi connectivity index (χ1) is 6.16. The van der Waals surface area contributed by atoms with E-state index in [0.29, 0.717) is 11.5 Å². The maximum Gasteiger partial charge on any atom is 0.109 e. The van der Waals surface area contributed by atoms with Crippen LogP contribution in [-0.2, 0) is 4.74 Å². The third kappa shape index (κ3) is 2.82. The lowest BCUT2D eigenvalue weighted by Crippen LogP contribution is -2.32. The topological polar surface area (TPSA) is 69.9 Å². The van der Waals surface area contributed by atoms with Gasteiger partial charge in [0, 0.05) is 11.5 Å². The molecule has 4 atom stereocenters. The van der Waals surface area contributed by atoms with Gasteiger partial charge in [0.15, 0.2) is 0 Å². The Bertz CT molecular complexity index is 155. The van der Waals surface area contributed by atoms with Gasteiger partial charge in [0.05, 0.1) is 18.8 Å². The zero-order valence-electron chi connectivity index (χ0n) is 7.59. The molecule has 0 aliphatic carbocycles. The maximum absolute atomic E-state index is 9.48. The van der Waals surface area contributed by atoms with Crippen molar-refractivity contribution in [2.45, 2.75) is 31.3 Å². The van der Waals surface area contributed by atoms with E-state index in [2.05, 4.69) is 0 Å². The van der Waals surface area contributed by atoms with Crippen LogP contribution >= 0.6 is 11.8 Å². The fraction of sp³-hybridized carbons (Fsp3) is 1.00. The van der Waals surface area contributed by atoms with Crippen LogP contribution in [0.4, 0.5) is 0 Å². The summed E-state index contributed by atoms with van der Waals surface area (Å²) in [4.78, 5) is 0. The molecule has 1 saturated heterocycles. The lowest BCUT2D eigenvalue weighted by atomic mass is 10.1. The number of thioether (sulfide) groups is 1. The number of aliphatic hydroxyl groups excluding tert-OH is 3. The molecule has 78 valence electrons. The van der Waals surface area contributed by atoms with Crippen LogP contribution in [0.2, 0.25) is 0 Å². The van der Waals surface area contributed by atoms with Crippen molar-refractivity contribution < 1.29 is 20.1 Å². The van der Waals surface area contributed by atoms with E-state index in [1.165, 1.54) is 11.8 Å². The number of rotatable bonds is 4. The first-order valence-electron chi connectivity index (χ1n) is 4.37. The molecule has 5 heteroatoms. The molecule has 0 radical (unpaired) electrons. The molecule has 0 spiro atoms. The van der Waals surface area contributed by atoms with Crippen molar-refractivity contribution in [3.05, 3.63) is 0 Å². The van der Waals surface area contributed by atoms with Gasteiger partial charge in [-0.2, -0.15) is 11.8 Å². The summed E-state index contributed by atoms with van der Waals surface area (Å²) in [6.45, 7) is 1.87. The first-order valence-corrected chi connectivity index (χ1v) is 5.52. The normalized spacial score (nSPS) is 39.7. The van der Waals surface area contributed by atoms with Crippen LogP contribution in [0, 0.1) is 0 Å². The van der Waals surface area contributed by atoms with Crippen molar-refractivity contribution in [2.24, 2.45) is 0 Å². The summed E-state index contributed by atoms with van der Waals surface area (Å²) in [5.74, 6) is 1.25. The molecule has 0 saturated carbocycles. The Morgan fingerprint density at radius 2 is 2.00 bits per heavy atom. The van der Waals surface area contributed by atoms with Gasteiger partial charge in [-0.15, -0.1) is 0 Å². The molecule has 1 unspecified atom stereocenters. The zero-order valence-corrected chi connectivity index (χ0v) is 8.41. The zero-order chi connectivity index (χ0) is 9.84. The fourth-order valence-electron chi connectivity index (χ4n) is 1.34. The second-order valence-corrected chi connectivity index (χ2v) is 4.31. The highest BCUT2D eigenvalue weighted by molar-refractivity contribution is 7.99. The van der Waals surface area contributed by atoms with Gasteiger partial charge in [0.1, 0.15) is 12.2 Å². The van der Waals surface area contributed by atoms with E-state index < -0.39 is 12.2 Å². The molecule has 0 amide bonds. The summed E-state index contributed by atoms with van der Waals surface area (Å²) in [5.41, 5.74) is 0. The minimum atomic E-state index is -0.791. The third-order valence-corrected chi connectivity index (χ3v) is 3.15. The van der Waals surface area contributed by atoms with Crippen molar-refractivity contribution in [1.82, 2.24) is 0 Å². The van der Waals surface area contributed by atoms with Crippen molar-refractivity contribution in [3.63, 3.8) is 0 Å². The summed E-state index contributed by atoms with van der Waals surface area (Å²) in [5, 5.41) is 27.4. The van der Waals surface area contributed by atoms with Gasteiger partial charge in [0.2, 0.25) is 0 Å². The van der Waals surface area contributed by atoms with Crippen LogP contribution in [0.1, 0.15) is 6.92 Å². The minimum absolute atomic E-state index is 0.131. The lowest BCUT2D eigenvalue weighted by Gasteiger charge is -2.13. The van der Waals surface area contributed by atoms with Crippen LogP contribution in [0.25, 0.3) is 0 Å². The highest BCUT2D eigenvalue weighted by Crippen LogP contribution is 2.23. The van der Waals surface area contributed by atoms with E-state index in [1.807, 2.05) is 0 Å². The summed E-state index contributed by atoms with van der Waals surface area (Å²) in [7, 11) is 0. The summed E-state index contributed by atoms with van der Waals surface area (Å²) in [6, 6.07) is 0. The minimum Gasteiger partial charge on any atom is -0.396 e. The molecule has 3 N–H and O–H groups in total. The highest BCUT2D eigenvalue weighted by atomic mass is 32.2. The fourth-order valence-corrected chi connectivity index (χ4v) is 2.14. The van der Waals surface area contributed by atoms with Gasteiger partial charge in [0.25, 0.3) is 0 Å². The Hall–Kier alpha value is 0.190. The van der Waals surface area contributed by atoms with Gasteiger partial charge in [-0.25, -0.2) is 0 Å². The van der Waals surface area contributed by atoms with Crippen molar-refractivity contribution in [3.8, 4) is 0 Å². The second kappa shape index (κ2) is 5.17. The molecule has 1 rings (SSSR count). The Labute approximate surface area is 81.9 Å². The number of hydrogen-bond acceptors (Lipinski definition) is 5. The third-order valence-electron chi connectivity index (χ3n) is 2.12. The lowest BCUT2D eigenvalue weighted by molar-refractivity contribution is 0.0302. The standard InChI is InChI=1S/C8H16O4S/c1-5-7(10)8(11)6(12-5)4-13-3-2-9/h5-11H,2-4H2,1H3/t5-,6+,7?,8-/m0/s1. The molecule has 1 aliphatic rings. The monoisotopic (exact) mass is 208 g/mol. The molecule has 4 nitrogen and oxygen atoms in total. The molecular weight excluding hydrogens is 192 g/mol. The Morgan fingerprint density at radius 3 is 2.46 bits per heavy atom. The van der Waals surface area contributed by atoms with Gasteiger partial charge in [-0.1, -0.05) is 0 Å². The van der Waals surface area contributed by atoms with E-state index in [9.17, 15) is 10.2 Å². The number of aliphatic hydroxyl groups is 3. The van der Waals surface area contributed by atoms with E-state index in [-0.39, 0.29) is 18.8 Å². The average Bonchev–Trinajstić information content (AvgIpc) is 2.34. The molecule has 13 heavy (non-hydrogen) atoms.